The van der Waals surface area contributed by atoms with E-state index in [1.165, 1.54) is 45.9 Å². The van der Waals surface area contributed by atoms with Crippen LogP contribution in [0.1, 0.15) is 41.2 Å². The first-order valence-electron chi connectivity index (χ1n) is 11.6. The van der Waals surface area contributed by atoms with Gasteiger partial charge in [-0.3, -0.25) is 4.79 Å². The molecule has 0 spiro atoms. The van der Waals surface area contributed by atoms with Crippen molar-refractivity contribution < 1.29 is 9.53 Å². The van der Waals surface area contributed by atoms with Crippen molar-refractivity contribution in [2.75, 3.05) is 13.1 Å². The Bertz CT molecular complexity index is 1130. The fourth-order valence-corrected chi connectivity index (χ4v) is 4.88. The summed E-state index contributed by atoms with van der Waals surface area (Å²) >= 11 is 6.72. The first kappa shape index (κ1) is 23.3. The molecule has 0 atom stereocenters. The van der Waals surface area contributed by atoms with Gasteiger partial charge in [-0.2, -0.15) is 0 Å². The van der Waals surface area contributed by atoms with Gasteiger partial charge in [-0.25, -0.2) is 0 Å². The van der Waals surface area contributed by atoms with E-state index in [-0.39, 0.29) is 5.91 Å². The van der Waals surface area contributed by atoms with Gasteiger partial charge in [0.15, 0.2) is 0 Å². The van der Waals surface area contributed by atoms with Crippen LogP contribution in [0.15, 0.2) is 54.6 Å². The van der Waals surface area contributed by atoms with Crippen LogP contribution in [0.2, 0.25) is 5.02 Å². The number of hydrogen-bond acceptors (Lipinski definition) is 3. The van der Waals surface area contributed by atoms with Crippen LogP contribution in [0, 0.1) is 6.92 Å². The maximum atomic E-state index is 11.0. The number of fused-ring (bicyclic) bond motifs is 1. The summed E-state index contributed by atoms with van der Waals surface area (Å²) in [6.07, 6.45) is 3.16. The molecular weight excluding hydrogens is 432 g/mol. The van der Waals surface area contributed by atoms with Gasteiger partial charge in [0.25, 0.3) is 0 Å². The van der Waals surface area contributed by atoms with E-state index in [1.807, 2.05) is 12.1 Å². The van der Waals surface area contributed by atoms with Gasteiger partial charge in [-0.05, 0) is 71.2 Å². The molecule has 0 radical (unpaired) electrons. The quantitative estimate of drug-likeness (QED) is 0.406. The molecule has 0 bridgehead atoms. The topological polar surface area (TPSA) is 50.4 Å². The Morgan fingerprint density at radius 3 is 2.58 bits per heavy atom. The monoisotopic (exact) mass is 462 g/mol. The number of benzene rings is 3. The standard InChI is InChI=1S/C28H31ClN2O2/c1-19-22(10-6-11-24(19)21-8-4-3-5-9-21)18-33-28-26-13-7-12-25(26)23(16-27(28)29)17-30-14-15-31-20(2)32/h3-6,8-11,16,30H,7,12-15,17-18H2,1-2H3,(H,31,32). The molecule has 0 saturated carbocycles. The minimum Gasteiger partial charge on any atom is -0.487 e. The van der Waals surface area contributed by atoms with Gasteiger partial charge in [0, 0.05) is 26.6 Å². The third-order valence-electron chi connectivity index (χ3n) is 6.29. The Kier molecular flexibility index (Phi) is 7.69. The zero-order valence-corrected chi connectivity index (χ0v) is 20.1. The molecular formula is C28H31ClN2O2. The molecule has 172 valence electrons. The maximum Gasteiger partial charge on any atom is 0.216 e. The number of nitrogens with one attached hydrogen (secondary N) is 2. The normalized spacial score (nSPS) is 12.5. The molecule has 4 nitrogen and oxygen atoms in total. The second-order valence-electron chi connectivity index (χ2n) is 8.56. The van der Waals surface area contributed by atoms with Crippen LogP contribution in [0.3, 0.4) is 0 Å². The van der Waals surface area contributed by atoms with Gasteiger partial charge in [0.05, 0.1) is 5.02 Å². The van der Waals surface area contributed by atoms with Crippen molar-refractivity contribution in [3.05, 3.63) is 87.4 Å². The largest absolute Gasteiger partial charge is 0.487 e. The highest BCUT2D eigenvalue weighted by Crippen LogP contribution is 2.40. The minimum absolute atomic E-state index is 0.00761. The molecule has 1 amide bonds. The Morgan fingerprint density at radius 2 is 1.79 bits per heavy atom. The van der Waals surface area contributed by atoms with Gasteiger partial charge >= 0.3 is 0 Å². The highest BCUT2D eigenvalue weighted by molar-refractivity contribution is 6.32. The summed E-state index contributed by atoms with van der Waals surface area (Å²) in [5, 5.41) is 6.89. The first-order valence-corrected chi connectivity index (χ1v) is 12.0. The van der Waals surface area contributed by atoms with Crippen LogP contribution in [-0.2, 0) is 30.8 Å². The van der Waals surface area contributed by atoms with Gasteiger partial charge in [-0.15, -0.1) is 0 Å². The lowest BCUT2D eigenvalue weighted by Gasteiger charge is -2.18. The molecule has 1 aliphatic rings. The second kappa shape index (κ2) is 10.9. The lowest BCUT2D eigenvalue weighted by molar-refractivity contribution is -0.118. The minimum atomic E-state index is -0.00761. The van der Waals surface area contributed by atoms with Crippen LogP contribution in [0.25, 0.3) is 11.1 Å². The molecule has 0 unspecified atom stereocenters. The number of carbonyl (C=O) groups is 1. The summed E-state index contributed by atoms with van der Waals surface area (Å²) in [5.74, 6) is 0.822. The Morgan fingerprint density at radius 1 is 1.00 bits per heavy atom. The maximum absolute atomic E-state index is 11.0. The van der Waals surface area contributed by atoms with E-state index in [4.69, 9.17) is 16.3 Å². The summed E-state index contributed by atoms with van der Waals surface area (Å²) in [4.78, 5) is 11.0. The average Bonchev–Trinajstić information content (AvgIpc) is 3.30. The highest BCUT2D eigenvalue weighted by Gasteiger charge is 2.22. The summed E-state index contributed by atoms with van der Waals surface area (Å²) in [6, 6.07) is 18.9. The van der Waals surface area contributed by atoms with Crippen molar-refractivity contribution in [2.45, 2.75) is 46.3 Å². The molecule has 0 saturated heterocycles. The molecule has 0 heterocycles. The smallest absolute Gasteiger partial charge is 0.216 e. The Hall–Kier alpha value is -2.82. The van der Waals surface area contributed by atoms with E-state index in [2.05, 4.69) is 60.0 Å². The second-order valence-corrected chi connectivity index (χ2v) is 8.97. The SMILES string of the molecule is CC(=O)NCCNCc1cc(Cl)c(OCc2cccc(-c3ccccc3)c2C)c2c1CCC2. The van der Waals surface area contributed by atoms with E-state index in [9.17, 15) is 4.79 Å². The van der Waals surface area contributed by atoms with Crippen molar-refractivity contribution in [3.8, 4) is 16.9 Å². The molecule has 1 aliphatic carbocycles. The van der Waals surface area contributed by atoms with Gasteiger partial charge in [-0.1, -0.05) is 60.1 Å². The fraction of sp³-hybridized carbons (Fsp3) is 0.321. The predicted octanol–water partition coefficient (Wildman–Crippen LogP) is 5.61. The average molecular weight is 463 g/mol. The fourth-order valence-electron chi connectivity index (χ4n) is 4.58. The number of halogens is 1. The number of rotatable bonds is 9. The van der Waals surface area contributed by atoms with Crippen LogP contribution in [-0.4, -0.2) is 19.0 Å². The van der Waals surface area contributed by atoms with Crippen LogP contribution in [0.5, 0.6) is 5.75 Å². The lowest BCUT2D eigenvalue weighted by atomic mass is 9.97. The summed E-state index contributed by atoms with van der Waals surface area (Å²) in [6.45, 7) is 6.26. The Labute approximate surface area is 201 Å². The molecule has 2 N–H and O–H groups in total. The highest BCUT2D eigenvalue weighted by atomic mass is 35.5. The van der Waals surface area contributed by atoms with Crippen molar-refractivity contribution in [1.29, 1.82) is 0 Å². The van der Waals surface area contributed by atoms with Gasteiger partial charge in [0.1, 0.15) is 12.4 Å². The van der Waals surface area contributed by atoms with Gasteiger partial charge in [0.2, 0.25) is 5.91 Å². The zero-order chi connectivity index (χ0) is 23.2. The van der Waals surface area contributed by atoms with Crippen molar-refractivity contribution in [2.24, 2.45) is 0 Å². The molecule has 3 aromatic carbocycles. The molecule has 5 heteroatoms. The van der Waals surface area contributed by atoms with E-state index >= 15 is 0 Å². The molecule has 0 fully saturated rings. The Balaban J connectivity index is 1.48. The van der Waals surface area contributed by atoms with Crippen LogP contribution < -0.4 is 15.4 Å². The lowest BCUT2D eigenvalue weighted by Crippen LogP contribution is -2.30. The van der Waals surface area contributed by atoms with E-state index in [0.29, 0.717) is 18.2 Å². The third-order valence-corrected chi connectivity index (χ3v) is 6.57. The van der Waals surface area contributed by atoms with E-state index < -0.39 is 0 Å². The number of carbonyl (C=O) groups excluding carboxylic acids is 1. The van der Waals surface area contributed by atoms with Gasteiger partial charge < -0.3 is 15.4 Å². The number of amides is 1. The molecule has 0 aliphatic heterocycles. The van der Waals surface area contributed by atoms with Crippen LogP contribution >= 0.6 is 11.6 Å². The summed E-state index contributed by atoms with van der Waals surface area (Å²) in [5.41, 5.74) is 8.68. The summed E-state index contributed by atoms with van der Waals surface area (Å²) < 4.78 is 6.36. The van der Waals surface area contributed by atoms with Crippen molar-refractivity contribution in [1.82, 2.24) is 10.6 Å². The predicted molar refractivity (Wildman–Crippen MR) is 135 cm³/mol. The number of ether oxygens (including phenoxy) is 1. The van der Waals surface area contributed by atoms with E-state index in [1.54, 1.807) is 0 Å². The molecule has 0 aromatic heterocycles. The molecule has 4 rings (SSSR count). The molecule has 33 heavy (non-hydrogen) atoms. The first-order chi connectivity index (χ1) is 16.0. The van der Waals surface area contributed by atoms with Crippen molar-refractivity contribution >= 4 is 17.5 Å². The third kappa shape index (κ3) is 5.58. The van der Waals surface area contributed by atoms with E-state index in [0.717, 1.165) is 38.1 Å². The van der Waals surface area contributed by atoms with Crippen LogP contribution in [0.4, 0.5) is 0 Å². The summed E-state index contributed by atoms with van der Waals surface area (Å²) in [7, 11) is 0. The zero-order valence-electron chi connectivity index (χ0n) is 19.3. The van der Waals surface area contributed by atoms with Crippen molar-refractivity contribution in [3.63, 3.8) is 0 Å². The number of hydrogen-bond donors (Lipinski definition) is 2. The molecule has 3 aromatic rings.